The molecule has 2 N–H and O–H groups in total. The lowest BCUT2D eigenvalue weighted by Crippen LogP contribution is -2.49. The summed E-state index contributed by atoms with van der Waals surface area (Å²) in [4.78, 5) is 11.1. The Labute approximate surface area is 119 Å². The molecule has 5 nitrogen and oxygen atoms in total. The Morgan fingerprint density at radius 1 is 1.45 bits per heavy atom. The molecule has 108 valence electrons. The molecule has 1 atom stereocenters. The van der Waals surface area contributed by atoms with Crippen molar-refractivity contribution in [3.63, 3.8) is 0 Å². The van der Waals surface area contributed by atoms with Crippen LogP contribution in [0.3, 0.4) is 0 Å². The van der Waals surface area contributed by atoms with Crippen LogP contribution in [-0.2, 0) is 11.2 Å². The molecule has 0 aliphatic carbocycles. The van der Waals surface area contributed by atoms with Gasteiger partial charge in [0.1, 0.15) is 5.75 Å². The number of nitrogens with one attached hydrogen (secondary N) is 1. The van der Waals surface area contributed by atoms with E-state index in [1.165, 1.54) is 6.92 Å². The fraction of sp³-hybridized carbons (Fsp3) is 0.467. The van der Waals surface area contributed by atoms with E-state index in [1.54, 1.807) is 7.11 Å². The molecule has 1 unspecified atom stereocenters. The van der Waals surface area contributed by atoms with Crippen molar-refractivity contribution in [2.45, 2.75) is 31.7 Å². The number of nitriles is 1. The highest BCUT2D eigenvalue weighted by atomic mass is 16.5. The maximum absolute atomic E-state index is 11.1. The monoisotopic (exact) mass is 276 g/mol. The highest BCUT2D eigenvalue weighted by Crippen LogP contribution is 2.17. The average molecular weight is 276 g/mol. The number of nitrogens with zero attached hydrogens (tertiary/aromatic N) is 1. The number of methoxy groups -OCH3 is 1. The van der Waals surface area contributed by atoms with Crippen LogP contribution < -0.4 is 10.1 Å². The summed E-state index contributed by atoms with van der Waals surface area (Å²) in [6, 6.07) is 9.69. The van der Waals surface area contributed by atoms with Gasteiger partial charge in [-0.15, -0.1) is 0 Å². The van der Waals surface area contributed by atoms with Gasteiger partial charge in [0.2, 0.25) is 5.91 Å². The van der Waals surface area contributed by atoms with E-state index in [9.17, 15) is 9.90 Å². The molecule has 0 saturated carbocycles. The summed E-state index contributed by atoms with van der Waals surface area (Å²) < 4.78 is 5.08. The number of amides is 1. The molecule has 20 heavy (non-hydrogen) atoms. The van der Waals surface area contributed by atoms with Crippen molar-refractivity contribution in [2.75, 3.05) is 13.7 Å². The van der Waals surface area contributed by atoms with Crippen molar-refractivity contribution in [3.8, 4) is 11.8 Å². The third kappa shape index (κ3) is 4.56. The van der Waals surface area contributed by atoms with Gasteiger partial charge in [0.05, 0.1) is 19.8 Å². The van der Waals surface area contributed by atoms with E-state index in [0.717, 1.165) is 17.7 Å². The first kappa shape index (κ1) is 16.0. The Kier molecular flexibility index (Phi) is 6.01. The predicted octanol–water partition coefficient (Wildman–Crippen LogP) is 1.41. The van der Waals surface area contributed by atoms with Crippen molar-refractivity contribution in [1.29, 1.82) is 5.26 Å². The number of aliphatic hydroxyl groups excluding tert-OH is 1. The van der Waals surface area contributed by atoms with Gasteiger partial charge in [-0.1, -0.05) is 12.1 Å². The fourth-order valence-corrected chi connectivity index (χ4v) is 2.02. The van der Waals surface area contributed by atoms with Gasteiger partial charge in [-0.05, 0) is 37.0 Å². The third-order valence-electron chi connectivity index (χ3n) is 3.13. The van der Waals surface area contributed by atoms with Gasteiger partial charge in [0.15, 0.2) is 5.54 Å². The molecular formula is C15H20N2O3. The van der Waals surface area contributed by atoms with Crippen LogP contribution in [0.1, 0.15) is 25.3 Å². The van der Waals surface area contributed by atoms with Crippen molar-refractivity contribution in [2.24, 2.45) is 0 Å². The van der Waals surface area contributed by atoms with Gasteiger partial charge < -0.3 is 15.2 Å². The van der Waals surface area contributed by atoms with Crippen molar-refractivity contribution in [1.82, 2.24) is 5.32 Å². The van der Waals surface area contributed by atoms with E-state index in [0.29, 0.717) is 12.8 Å². The fourth-order valence-electron chi connectivity index (χ4n) is 2.02. The van der Waals surface area contributed by atoms with Crippen LogP contribution in [0, 0.1) is 11.3 Å². The molecule has 0 heterocycles. The van der Waals surface area contributed by atoms with Crippen molar-refractivity contribution >= 4 is 5.91 Å². The lowest BCUT2D eigenvalue weighted by Gasteiger charge is -2.24. The van der Waals surface area contributed by atoms with Crippen LogP contribution >= 0.6 is 0 Å². The van der Waals surface area contributed by atoms with Crippen LogP contribution in [0.25, 0.3) is 0 Å². The van der Waals surface area contributed by atoms with Gasteiger partial charge in [-0.25, -0.2) is 0 Å². The van der Waals surface area contributed by atoms with Crippen LogP contribution in [0.2, 0.25) is 0 Å². The van der Waals surface area contributed by atoms with E-state index in [2.05, 4.69) is 5.32 Å². The molecule has 0 saturated heterocycles. The molecule has 0 aliphatic heterocycles. The Bertz CT molecular complexity index is 479. The second kappa shape index (κ2) is 7.51. The number of hydrogen-bond acceptors (Lipinski definition) is 4. The summed E-state index contributed by atoms with van der Waals surface area (Å²) >= 11 is 0. The zero-order valence-electron chi connectivity index (χ0n) is 11.8. The average Bonchev–Trinajstić information content (AvgIpc) is 2.46. The molecule has 1 amide bonds. The summed E-state index contributed by atoms with van der Waals surface area (Å²) in [6.07, 6.45) is 1.87. The minimum Gasteiger partial charge on any atom is -0.497 e. The molecular weight excluding hydrogens is 256 g/mol. The molecule has 1 aromatic carbocycles. The first-order valence-corrected chi connectivity index (χ1v) is 6.49. The molecule has 1 rings (SSSR count). The molecule has 5 heteroatoms. The topological polar surface area (TPSA) is 82.3 Å². The van der Waals surface area contributed by atoms with Crippen LogP contribution in [0.4, 0.5) is 0 Å². The normalized spacial score (nSPS) is 13.1. The largest absolute Gasteiger partial charge is 0.497 e. The maximum atomic E-state index is 11.1. The van der Waals surface area contributed by atoms with Crippen LogP contribution in [0.15, 0.2) is 24.3 Å². The van der Waals surface area contributed by atoms with Crippen molar-refractivity contribution < 1.29 is 14.6 Å². The van der Waals surface area contributed by atoms with Gasteiger partial charge in [0, 0.05) is 6.92 Å². The summed E-state index contributed by atoms with van der Waals surface area (Å²) in [5.41, 5.74) is -0.0587. The summed E-state index contributed by atoms with van der Waals surface area (Å²) in [5.74, 6) is 0.485. The molecule has 1 aromatic rings. The number of carbonyl (C=O) groups is 1. The molecule has 0 fully saturated rings. The number of benzene rings is 1. The number of aryl methyl sites for hydroxylation is 1. The highest BCUT2D eigenvalue weighted by Gasteiger charge is 2.29. The molecule has 0 aromatic heterocycles. The number of rotatable bonds is 7. The Hall–Kier alpha value is -2.06. The predicted molar refractivity (Wildman–Crippen MR) is 75.2 cm³/mol. The zero-order valence-corrected chi connectivity index (χ0v) is 11.8. The molecule has 0 bridgehead atoms. The van der Waals surface area contributed by atoms with E-state index >= 15 is 0 Å². The summed E-state index contributed by atoms with van der Waals surface area (Å²) in [5, 5.41) is 21.0. The number of hydrogen-bond donors (Lipinski definition) is 2. The number of carbonyl (C=O) groups excluding carboxylic acids is 1. The lowest BCUT2D eigenvalue weighted by molar-refractivity contribution is -0.120. The Balaban J connectivity index is 2.55. The lowest BCUT2D eigenvalue weighted by atomic mass is 9.93. The second-order valence-corrected chi connectivity index (χ2v) is 4.73. The van der Waals surface area contributed by atoms with E-state index in [1.807, 2.05) is 30.3 Å². The maximum Gasteiger partial charge on any atom is 0.218 e. The first-order chi connectivity index (χ1) is 9.55. The molecule has 0 radical (unpaired) electrons. The minimum atomic E-state index is -1.18. The zero-order chi connectivity index (χ0) is 15.0. The van der Waals surface area contributed by atoms with E-state index in [4.69, 9.17) is 10.00 Å². The SMILES string of the molecule is COc1ccc(CCCC(C#N)(CO)NC(C)=O)cc1. The highest BCUT2D eigenvalue weighted by molar-refractivity contribution is 5.74. The van der Waals surface area contributed by atoms with Gasteiger partial charge in [-0.2, -0.15) is 5.26 Å². The first-order valence-electron chi connectivity index (χ1n) is 6.49. The number of ether oxygens (including phenoxy) is 1. The van der Waals surface area contributed by atoms with Crippen molar-refractivity contribution in [3.05, 3.63) is 29.8 Å². The smallest absolute Gasteiger partial charge is 0.218 e. The number of aliphatic hydroxyl groups is 1. The molecule has 0 aliphatic rings. The quantitative estimate of drug-likeness (QED) is 0.789. The minimum absolute atomic E-state index is 0.315. The van der Waals surface area contributed by atoms with E-state index in [-0.39, 0.29) is 12.5 Å². The van der Waals surface area contributed by atoms with Gasteiger partial charge in [-0.3, -0.25) is 4.79 Å². The van der Waals surface area contributed by atoms with Gasteiger partial charge >= 0.3 is 0 Å². The summed E-state index contributed by atoms with van der Waals surface area (Å²) in [6.45, 7) is 0.955. The summed E-state index contributed by atoms with van der Waals surface area (Å²) in [7, 11) is 1.62. The second-order valence-electron chi connectivity index (χ2n) is 4.73. The van der Waals surface area contributed by atoms with E-state index < -0.39 is 5.54 Å². The van der Waals surface area contributed by atoms with Gasteiger partial charge in [0.25, 0.3) is 0 Å². The van der Waals surface area contributed by atoms with Crippen LogP contribution in [-0.4, -0.2) is 30.3 Å². The molecule has 0 spiro atoms. The Morgan fingerprint density at radius 2 is 2.10 bits per heavy atom. The Morgan fingerprint density at radius 3 is 2.55 bits per heavy atom. The third-order valence-corrected chi connectivity index (χ3v) is 3.13. The standard InChI is InChI=1S/C15H20N2O3/c1-12(19)17-15(10-16,11-18)9-3-4-13-5-7-14(20-2)8-6-13/h5-8,18H,3-4,9,11H2,1-2H3,(H,17,19). The van der Waals surface area contributed by atoms with Crippen LogP contribution in [0.5, 0.6) is 5.75 Å².